The lowest BCUT2D eigenvalue weighted by Crippen LogP contribution is -2.32. The molecule has 0 fully saturated rings. The van der Waals surface area contributed by atoms with Crippen LogP contribution in [0.5, 0.6) is 0 Å². The summed E-state index contributed by atoms with van der Waals surface area (Å²) in [4.78, 5) is 39.4. The molecule has 1 aliphatic rings. The Morgan fingerprint density at radius 3 is 2.11 bits per heavy atom. The van der Waals surface area contributed by atoms with Crippen LogP contribution in [0, 0.1) is 6.92 Å². The maximum absolute atomic E-state index is 13.0. The van der Waals surface area contributed by atoms with Crippen molar-refractivity contribution in [1.29, 1.82) is 0 Å². The molecular weight excluding hydrogens is 485 g/mol. The minimum absolute atomic E-state index is 0.0431. The van der Waals surface area contributed by atoms with Crippen LogP contribution in [0.4, 0.5) is 17.1 Å². The number of nitrogens with zero attached hydrogens (tertiary/aromatic N) is 1. The molecule has 3 aromatic rings. The molecule has 0 aromatic heterocycles. The molecule has 0 saturated heterocycles. The van der Waals surface area contributed by atoms with Crippen LogP contribution in [0.15, 0.2) is 77.5 Å². The van der Waals surface area contributed by atoms with Gasteiger partial charge in [-0.25, -0.2) is 4.90 Å². The van der Waals surface area contributed by atoms with Crippen LogP contribution < -0.4 is 15.5 Å². The minimum Gasteiger partial charge on any atom is -0.350 e. The third-order valence-electron chi connectivity index (χ3n) is 5.69. The zero-order valence-electron chi connectivity index (χ0n) is 19.4. The van der Waals surface area contributed by atoms with E-state index in [1.165, 1.54) is 5.56 Å². The normalized spacial score (nSPS) is 13.6. The number of nitrogens with one attached hydrogen (secondary N) is 2. The fourth-order valence-electron chi connectivity index (χ4n) is 3.66. The molecule has 0 radical (unpaired) electrons. The predicted molar refractivity (Wildman–Crippen MR) is 140 cm³/mol. The van der Waals surface area contributed by atoms with Crippen molar-refractivity contribution in [1.82, 2.24) is 0 Å². The van der Waals surface area contributed by atoms with Crippen molar-refractivity contribution in [2.75, 3.05) is 15.5 Å². The number of benzene rings is 3. The Morgan fingerprint density at radius 2 is 1.49 bits per heavy atom. The molecule has 3 amide bonds. The van der Waals surface area contributed by atoms with E-state index < -0.39 is 11.8 Å². The summed E-state index contributed by atoms with van der Waals surface area (Å²) in [5, 5.41) is 5.95. The van der Waals surface area contributed by atoms with Gasteiger partial charge in [-0.1, -0.05) is 55.2 Å². The van der Waals surface area contributed by atoms with Gasteiger partial charge in [0.15, 0.2) is 0 Å². The van der Waals surface area contributed by atoms with Crippen LogP contribution in [0.2, 0.25) is 5.02 Å². The van der Waals surface area contributed by atoms with Gasteiger partial charge >= 0.3 is 0 Å². The second-order valence-electron chi connectivity index (χ2n) is 8.50. The highest BCUT2D eigenvalue weighted by atomic mass is 35.5. The average Bonchev–Trinajstić information content (AvgIpc) is 3.04. The maximum atomic E-state index is 13.0. The number of carbonyl (C=O) groups excluding carboxylic acids is 3. The first-order valence-electron chi connectivity index (χ1n) is 11.0. The van der Waals surface area contributed by atoms with Crippen LogP contribution in [0.1, 0.15) is 41.3 Å². The number of aryl methyl sites for hydroxylation is 1. The molecule has 178 valence electrons. The van der Waals surface area contributed by atoms with Crippen molar-refractivity contribution in [3.8, 4) is 0 Å². The molecule has 1 heterocycles. The lowest BCUT2D eigenvalue weighted by Gasteiger charge is -2.17. The highest BCUT2D eigenvalue weighted by Gasteiger charge is 2.39. The van der Waals surface area contributed by atoms with Gasteiger partial charge in [0.25, 0.3) is 17.7 Å². The summed E-state index contributed by atoms with van der Waals surface area (Å²) in [5.74, 6) is -1.08. The molecule has 0 unspecified atom stereocenters. The van der Waals surface area contributed by atoms with Crippen molar-refractivity contribution < 1.29 is 14.4 Å². The molecule has 8 heteroatoms. The fourth-order valence-corrected chi connectivity index (χ4v) is 4.04. The van der Waals surface area contributed by atoms with Crippen LogP contribution >= 0.6 is 23.2 Å². The molecule has 1 aliphatic heterocycles. The summed E-state index contributed by atoms with van der Waals surface area (Å²) < 4.78 is 0. The quantitative estimate of drug-likeness (QED) is 0.375. The number of carbonyl (C=O) groups is 3. The lowest BCUT2D eigenvalue weighted by molar-refractivity contribution is -0.120. The summed E-state index contributed by atoms with van der Waals surface area (Å²) in [6.07, 6.45) is 0. The zero-order valence-corrected chi connectivity index (χ0v) is 20.9. The molecule has 6 nitrogen and oxygen atoms in total. The second-order valence-corrected chi connectivity index (χ2v) is 9.31. The number of rotatable bonds is 6. The summed E-state index contributed by atoms with van der Waals surface area (Å²) in [5.41, 5.74) is 3.86. The Labute approximate surface area is 213 Å². The molecule has 0 bridgehead atoms. The highest BCUT2D eigenvalue weighted by molar-refractivity contribution is 6.53. The summed E-state index contributed by atoms with van der Waals surface area (Å²) in [7, 11) is 0. The van der Waals surface area contributed by atoms with Crippen molar-refractivity contribution in [2.45, 2.75) is 26.7 Å². The monoisotopic (exact) mass is 507 g/mol. The summed E-state index contributed by atoms with van der Waals surface area (Å²) >= 11 is 12.3. The van der Waals surface area contributed by atoms with Crippen LogP contribution in [0.25, 0.3) is 0 Å². The molecule has 0 aliphatic carbocycles. The zero-order chi connectivity index (χ0) is 25.3. The first-order chi connectivity index (χ1) is 16.7. The number of hydrogen-bond acceptors (Lipinski definition) is 4. The topological polar surface area (TPSA) is 78.5 Å². The van der Waals surface area contributed by atoms with Gasteiger partial charge in [-0.05, 0) is 72.5 Å². The van der Waals surface area contributed by atoms with E-state index in [-0.39, 0.29) is 16.6 Å². The van der Waals surface area contributed by atoms with Gasteiger partial charge in [-0.3, -0.25) is 14.4 Å². The van der Waals surface area contributed by atoms with Crippen LogP contribution in [-0.4, -0.2) is 17.7 Å². The van der Waals surface area contributed by atoms with E-state index in [0.717, 1.165) is 4.90 Å². The van der Waals surface area contributed by atoms with Gasteiger partial charge in [0.05, 0.1) is 5.69 Å². The molecule has 0 saturated carbocycles. The van der Waals surface area contributed by atoms with E-state index in [1.807, 2.05) is 24.3 Å². The SMILES string of the molecule is Cc1ccc(Cl)cc1N1C(=O)C(Cl)=C(Nc2ccc(C(=O)Nc3ccc(C(C)C)cc3)cc2)C1=O. The Balaban J connectivity index is 1.47. The third kappa shape index (κ3) is 5.09. The largest absolute Gasteiger partial charge is 0.350 e. The number of anilines is 3. The highest BCUT2D eigenvalue weighted by Crippen LogP contribution is 2.33. The molecular formula is C27H23Cl2N3O3. The summed E-state index contributed by atoms with van der Waals surface area (Å²) in [6, 6.07) is 19.2. The standard InChI is InChI=1S/C27H23Cl2N3O3/c1-15(2)17-5-10-21(11-6-17)31-25(33)18-7-12-20(13-8-18)30-24-23(29)26(34)32(27(24)35)22-14-19(28)9-4-16(22)3/h4-15,30H,1-3H3,(H,31,33). The van der Waals surface area contributed by atoms with Crippen molar-refractivity contribution in [3.63, 3.8) is 0 Å². The van der Waals surface area contributed by atoms with Crippen LogP contribution in [-0.2, 0) is 9.59 Å². The molecule has 0 spiro atoms. The van der Waals surface area contributed by atoms with Crippen LogP contribution in [0.3, 0.4) is 0 Å². The number of amides is 3. The van der Waals surface area contributed by atoms with Crippen molar-refractivity contribution in [3.05, 3.63) is 99.2 Å². The Kier molecular flexibility index (Phi) is 6.96. The number of halogens is 2. The lowest BCUT2D eigenvalue weighted by atomic mass is 10.0. The van der Waals surface area contributed by atoms with Crippen molar-refractivity contribution in [2.24, 2.45) is 0 Å². The molecule has 4 rings (SSSR count). The van der Waals surface area contributed by atoms with E-state index >= 15 is 0 Å². The summed E-state index contributed by atoms with van der Waals surface area (Å²) in [6.45, 7) is 5.99. The Bertz CT molecular complexity index is 1350. The van der Waals surface area contributed by atoms with Gasteiger partial charge in [-0.15, -0.1) is 0 Å². The molecule has 2 N–H and O–H groups in total. The Hall–Kier alpha value is -3.61. The number of imide groups is 1. The third-order valence-corrected chi connectivity index (χ3v) is 6.28. The first kappa shape index (κ1) is 24.5. The van der Waals surface area contributed by atoms with Gasteiger partial charge in [0.1, 0.15) is 10.7 Å². The molecule has 35 heavy (non-hydrogen) atoms. The van der Waals surface area contributed by atoms with Gasteiger partial charge in [0, 0.05) is 22.0 Å². The predicted octanol–water partition coefficient (Wildman–Crippen LogP) is 6.46. The van der Waals surface area contributed by atoms with E-state index in [2.05, 4.69) is 24.5 Å². The van der Waals surface area contributed by atoms with E-state index in [9.17, 15) is 14.4 Å². The number of hydrogen-bond donors (Lipinski definition) is 2. The van der Waals surface area contributed by atoms with E-state index in [0.29, 0.717) is 39.1 Å². The van der Waals surface area contributed by atoms with Gasteiger partial charge < -0.3 is 10.6 Å². The van der Waals surface area contributed by atoms with Crippen molar-refractivity contribution >= 4 is 58.0 Å². The van der Waals surface area contributed by atoms with E-state index in [4.69, 9.17) is 23.2 Å². The first-order valence-corrected chi connectivity index (χ1v) is 11.7. The average molecular weight is 508 g/mol. The second kappa shape index (κ2) is 9.94. The minimum atomic E-state index is -0.635. The Morgan fingerprint density at radius 1 is 0.857 bits per heavy atom. The van der Waals surface area contributed by atoms with Gasteiger partial charge in [0.2, 0.25) is 0 Å². The fraction of sp³-hybridized carbons (Fsp3) is 0.148. The molecule has 3 aromatic carbocycles. The maximum Gasteiger partial charge on any atom is 0.283 e. The van der Waals surface area contributed by atoms with Gasteiger partial charge in [-0.2, -0.15) is 0 Å². The smallest absolute Gasteiger partial charge is 0.283 e. The molecule has 0 atom stereocenters. The van der Waals surface area contributed by atoms with E-state index in [1.54, 1.807) is 49.4 Å².